The van der Waals surface area contributed by atoms with Crippen LogP contribution in [-0.4, -0.2) is 41.0 Å². The number of nitrogens with zero attached hydrogens (tertiary/aromatic N) is 2. The monoisotopic (exact) mass is 462 g/mol. The summed E-state index contributed by atoms with van der Waals surface area (Å²) in [5.74, 6) is 0.166. The Morgan fingerprint density at radius 3 is 1.91 bits per heavy atom. The number of allylic oxidation sites excluding steroid dienone is 2. The summed E-state index contributed by atoms with van der Waals surface area (Å²) in [7, 11) is 0. The molecule has 0 amide bonds. The molecular weight excluding hydrogens is 410 g/mol. The van der Waals surface area contributed by atoms with Crippen LogP contribution >= 0.6 is 0 Å². The molecule has 0 saturated carbocycles. The average Bonchev–Trinajstić information content (AvgIpc) is 3.16. The first kappa shape index (κ1) is 29.6. The van der Waals surface area contributed by atoms with E-state index in [4.69, 9.17) is 5.73 Å². The molecule has 0 aliphatic carbocycles. The fraction of sp³-hybridized carbons (Fsp3) is 0.786. The second-order valence-electron chi connectivity index (χ2n) is 9.69. The number of carbonyl (C=O) groups is 1. The van der Waals surface area contributed by atoms with Gasteiger partial charge in [0.2, 0.25) is 5.84 Å². The summed E-state index contributed by atoms with van der Waals surface area (Å²) in [6.07, 6.45) is 31.7. The lowest BCUT2D eigenvalue weighted by molar-refractivity contribution is -0.778. The molecule has 0 aromatic carbocycles. The summed E-state index contributed by atoms with van der Waals surface area (Å²) in [4.78, 5) is 15.7. The third-order valence-electron chi connectivity index (χ3n) is 6.70. The van der Waals surface area contributed by atoms with Crippen molar-refractivity contribution in [2.45, 2.75) is 122 Å². The minimum absolute atomic E-state index is 0.0446. The molecule has 1 unspecified atom stereocenters. The zero-order valence-corrected chi connectivity index (χ0v) is 21.5. The van der Waals surface area contributed by atoms with Crippen LogP contribution in [0.2, 0.25) is 0 Å². The number of rotatable bonds is 23. The van der Waals surface area contributed by atoms with Crippen LogP contribution in [0.5, 0.6) is 0 Å². The van der Waals surface area contributed by atoms with Crippen LogP contribution in [0, 0.1) is 0 Å². The molecule has 0 aromatic heterocycles. The van der Waals surface area contributed by atoms with Crippen molar-refractivity contribution in [1.29, 1.82) is 0 Å². The van der Waals surface area contributed by atoms with Crippen LogP contribution in [0.15, 0.2) is 29.5 Å². The molecule has 1 rings (SSSR count). The summed E-state index contributed by atoms with van der Waals surface area (Å²) in [6, 6.07) is 0. The Bertz CT molecular complexity index is 586. The molecule has 1 aliphatic heterocycles. The standard InChI is InChI=1S/C28H51N3O2/c1-2-3-4-5-6-7-8-9-10-11-12-13-14-15-16-17-18-19-20-21-27-30-23-25-31(27,24-22-29)26-28(32)33/h5-6,23,25H,2-4,7-22,24,26,29H2,1H3/p+1/b6-5+. The molecule has 190 valence electrons. The van der Waals surface area contributed by atoms with Crippen LogP contribution < -0.4 is 5.73 Å². The molecule has 0 saturated heterocycles. The van der Waals surface area contributed by atoms with Crippen LogP contribution in [-0.2, 0) is 4.79 Å². The van der Waals surface area contributed by atoms with Gasteiger partial charge in [0.15, 0.2) is 6.54 Å². The zero-order chi connectivity index (χ0) is 24.0. The van der Waals surface area contributed by atoms with Crippen molar-refractivity contribution in [1.82, 2.24) is 0 Å². The fourth-order valence-corrected chi connectivity index (χ4v) is 4.68. The number of hydrogen-bond donors (Lipinski definition) is 2. The molecule has 1 aliphatic rings. The smallest absolute Gasteiger partial charge is 0.360 e. The first-order valence-electron chi connectivity index (χ1n) is 13.8. The van der Waals surface area contributed by atoms with Gasteiger partial charge in [0.25, 0.3) is 0 Å². The number of amidine groups is 1. The summed E-state index contributed by atoms with van der Waals surface area (Å²) >= 11 is 0. The van der Waals surface area contributed by atoms with E-state index in [-0.39, 0.29) is 6.54 Å². The molecule has 0 aromatic rings. The van der Waals surface area contributed by atoms with Crippen molar-refractivity contribution in [3.8, 4) is 0 Å². The highest BCUT2D eigenvalue weighted by atomic mass is 16.4. The molecule has 1 heterocycles. The Morgan fingerprint density at radius 1 is 0.879 bits per heavy atom. The third-order valence-corrected chi connectivity index (χ3v) is 6.70. The predicted molar refractivity (Wildman–Crippen MR) is 141 cm³/mol. The summed E-state index contributed by atoms with van der Waals surface area (Å²) in [5, 5.41) is 9.27. The normalized spacial score (nSPS) is 17.8. The Balaban J connectivity index is 1.91. The van der Waals surface area contributed by atoms with Crippen molar-refractivity contribution >= 4 is 11.8 Å². The van der Waals surface area contributed by atoms with Crippen molar-refractivity contribution in [3.63, 3.8) is 0 Å². The predicted octanol–water partition coefficient (Wildman–Crippen LogP) is 7.33. The van der Waals surface area contributed by atoms with E-state index >= 15 is 0 Å². The molecule has 5 nitrogen and oxygen atoms in total. The van der Waals surface area contributed by atoms with E-state index in [0.717, 1.165) is 18.7 Å². The molecule has 1 atom stereocenters. The van der Waals surface area contributed by atoms with Crippen molar-refractivity contribution in [2.24, 2.45) is 10.7 Å². The average molecular weight is 463 g/mol. The summed E-state index contributed by atoms with van der Waals surface area (Å²) < 4.78 is 0.307. The number of carboxylic acid groups (broad SMARTS) is 1. The molecule has 0 bridgehead atoms. The SMILES string of the molecule is CCCC/C=C/CCCCCCCCCCCCCCCC1=NC=C[N+]1(CCN)CC(=O)O. The van der Waals surface area contributed by atoms with Gasteiger partial charge in [0.1, 0.15) is 12.7 Å². The maximum atomic E-state index is 11.3. The molecule has 5 heteroatoms. The van der Waals surface area contributed by atoms with Gasteiger partial charge in [0.05, 0.1) is 6.20 Å². The van der Waals surface area contributed by atoms with Crippen molar-refractivity contribution in [3.05, 3.63) is 24.6 Å². The minimum atomic E-state index is -0.798. The fourth-order valence-electron chi connectivity index (χ4n) is 4.68. The molecular formula is C28H52N3O2+. The highest BCUT2D eigenvalue weighted by Crippen LogP contribution is 2.21. The summed E-state index contributed by atoms with van der Waals surface area (Å²) in [6.45, 7) is 3.37. The highest BCUT2D eigenvalue weighted by Gasteiger charge is 2.36. The van der Waals surface area contributed by atoms with Crippen LogP contribution in [0.4, 0.5) is 0 Å². The molecule has 0 fully saturated rings. The number of quaternary nitrogens is 1. The first-order chi connectivity index (χ1) is 16.1. The van der Waals surface area contributed by atoms with E-state index in [9.17, 15) is 9.90 Å². The molecule has 0 spiro atoms. The second-order valence-corrected chi connectivity index (χ2v) is 9.69. The number of aliphatic carboxylic acids is 1. The van der Waals surface area contributed by atoms with Gasteiger partial charge < -0.3 is 10.8 Å². The summed E-state index contributed by atoms with van der Waals surface area (Å²) in [5.41, 5.74) is 5.73. The quantitative estimate of drug-likeness (QED) is 0.0948. The van der Waals surface area contributed by atoms with E-state index in [1.54, 1.807) is 6.20 Å². The number of hydrogen-bond acceptors (Lipinski definition) is 3. The highest BCUT2D eigenvalue weighted by molar-refractivity contribution is 5.81. The second kappa shape index (κ2) is 20.0. The first-order valence-corrected chi connectivity index (χ1v) is 13.8. The van der Waals surface area contributed by atoms with Crippen LogP contribution in [0.1, 0.15) is 122 Å². The minimum Gasteiger partial charge on any atom is -0.477 e. The molecule has 3 N–H and O–H groups in total. The Kier molecular flexibility index (Phi) is 17.9. The van der Waals surface area contributed by atoms with Gasteiger partial charge in [-0.15, -0.1) is 0 Å². The number of nitrogens with two attached hydrogens (primary N) is 1. The van der Waals surface area contributed by atoms with E-state index in [1.165, 1.54) is 103 Å². The van der Waals surface area contributed by atoms with Gasteiger partial charge in [-0.3, -0.25) is 0 Å². The Hall–Kier alpha value is -1.46. The van der Waals surface area contributed by atoms with Gasteiger partial charge in [-0.25, -0.2) is 14.3 Å². The Morgan fingerprint density at radius 2 is 1.39 bits per heavy atom. The number of aliphatic imine (C=N–C) groups is 1. The zero-order valence-electron chi connectivity index (χ0n) is 21.5. The third kappa shape index (κ3) is 14.4. The maximum absolute atomic E-state index is 11.3. The van der Waals surface area contributed by atoms with Gasteiger partial charge in [-0.2, -0.15) is 0 Å². The maximum Gasteiger partial charge on any atom is 0.360 e. The lowest BCUT2D eigenvalue weighted by Crippen LogP contribution is -2.52. The van der Waals surface area contributed by atoms with Crippen LogP contribution in [0.3, 0.4) is 0 Å². The van der Waals surface area contributed by atoms with Gasteiger partial charge in [-0.05, 0) is 25.7 Å². The van der Waals surface area contributed by atoms with E-state index in [1.807, 2.05) is 6.20 Å². The number of carboxylic acids is 1. The molecule has 0 radical (unpaired) electrons. The number of unbranched alkanes of at least 4 members (excludes halogenated alkanes) is 15. The Labute approximate surface area is 203 Å². The van der Waals surface area contributed by atoms with Crippen molar-refractivity contribution < 1.29 is 14.4 Å². The topological polar surface area (TPSA) is 75.7 Å². The van der Waals surface area contributed by atoms with Gasteiger partial charge in [0, 0.05) is 13.0 Å². The van der Waals surface area contributed by atoms with Crippen molar-refractivity contribution in [2.75, 3.05) is 19.6 Å². The lowest BCUT2D eigenvalue weighted by atomic mass is 10.0. The van der Waals surface area contributed by atoms with Gasteiger partial charge >= 0.3 is 5.97 Å². The lowest BCUT2D eigenvalue weighted by Gasteiger charge is -2.30. The van der Waals surface area contributed by atoms with E-state index in [0.29, 0.717) is 17.6 Å². The van der Waals surface area contributed by atoms with Crippen LogP contribution in [0.25, 0.3) is 0 Å². The molecule has 33 heavy (non-hydrogen) atoms. The van der Waals surface area contributed by atoms with E-state index < -0.39 is 5.97 Å². The largest absolute Gasteiger partial charge is 0.477 e. The van der Waals surface area contributed by atoms with E-state index in [2.05, 4.69) is 24.1 Å². The van der Waals surface area contributed by atoms with Gasteiger partial charge in [-0.1, -0.05) is 103 Å².